The quantitative estimate of drug-likeness (QED) is 0.674. The zero-order valence-electron chi connectivity index (χ0n) is 16.9. The molecule has 1 aromatic heterocycles. The maximum absolute atomic E-state index is 12.6. The van der Waals surface area contributed by atoms with E-state index in [1.165, 1.54) is 11.3 Å². The number of carbonyl (C=O) groups excluding carboxylic acids is 3. The third-order valence-electron chi connectivity index (χ3n) is 4.43. The van der Waals surface area contributed by atoms with Gasteiger partial charge in [0, 0.05) is 11.4 Å². The molecule has 2 aromatic rings. The lowest BCUT2D eigenvalue weighted by Crippen LogP contribution is -2.36. The largest absolute Gasteiger partial charge is 0.484 e. The summed E-state index contributed by atoms with van der Waals surface area (Å²) < 4.78 is 15.7. The minimum Gasteiger partial charge on any atom is -0.484 e. The van der Waals surface area contributed by atoms with Crippen LogP contribution in [-0.4, -0.2) is 49.2 Å². The van der Waals surface area contributed by atoms with E-state index in [0.717, 1.165) is 10.4 Å². The monoisotopic (exact) mass is 432 g/mol. The lowest BCUT2D eigenvalue weighted by molar-refractivity contribution is -0.118. The molecule has 3 rings (SSSR count). The van der Waals surface area contributed by atoms with Crippen molar-refractivity contribution in [3.05, 3.63) is 46.3 Å². The van der Waals surface area contributed by atoms with Gasteiger partial charge in [-0.05, 0) is 38.0 Å². The number of nitrogens with zero attached hydrogens (tertiary/aromatic N) is 1. The molecular weight excluding hydrogens is 408 g/mol. The zero-order valence-corrected chi connectivity index (χ0v) is 17.8. The molecule has 0 fully saturated rings. The van der Waals surface area contributed by atoms with Crippen LogP contribution in [-0.2, 0) is 27.2 Å². The van der Waals surface area contributed by atoms with Gasteiger partial charge >= 0.3 is 12.1 Å². The summed E-state index contributed by atoms with van der Waals surface area (Å²) in [5.74, 6) is -0.294. The standard InChI is InChI=1S/C21H24N2O6S/c1-3-27-20(25)18-15-10-11-23(21(26)28-4-2)12-16(15)30-19(18)22-17(24)13-29-14-8-6-5-7-9-14/h5-9H,3-4,10-13H2,1-2H3,(H,22,24). The van der Waals surface area contributed by atoms with E-state index in [2.05, 4.69) is 5.32 Å². The van der Waals surface area contributed by atoms with Crippen molar-refractivity contribution in [2.24, 2.45) is 0 Å². The molecular formula is C21H24N2O6S. The Morgan fingerprint density at radius 1 is 1.10 bits per heavy atom. The van der Waals surface area contributed by atoms with Crippen molar-refractivity contribution in [2.45, 2.75) is 26.8 Å². The summed E-state index contributed by atoms with van der Waals surface area (Å²) >= 11 is 1.27. The van der Waals surface area contributed by atoms with E-state index in [9.17, 15) is 14.4 Å². The van der Waals surface area contributed by atoms with Gasteiger partial charge in [0.25, 0.3) is 5.91 Å². The van der Waals surface area contributed by atoms with Crippen LogP contribution in [0.4, 0.5) is 9.80 Å². The van der Waals surface area contributed by atoms with Crippen LogP contribution in [0.5, 0.6) is 5.75 Å². The van der Waals surface area contributed by atoms with Crippen molar-refractivity contribution in [1.29, 1.82) is 0 Å². The summed E-state index contributed by atoms with van der Waals surface area (Å²) in [4.78, 5) is 39.5. The summed E-state index contributed by atoms with van der Waals surface area (Å²) in [6, 6.07) is 8.99. The first-order valence-corrected chi connectivity index (χ1v) is 10.6. The van der Waals surface area contributed by atoms with Gasteiger partial charge in [-0.15, -0.1) is 11.3 Å². The fourth-order valence-corrected chi connectivity index (χ4v) is 4.38. The molecule has 0 unspecified atom stereocenters. The van der Waals surface area contributed by atoms with E-state index >= 15 is 0 Å². The summed E-state index contributed by atoms with van der Waals surface area (Å²) in [5.41, 5.74) is 1.16. The molecule has 1 N–H and O–H groups in total. The number of carbonyl (C=O) groups is 3. The summed E-state index contributed by atoms with van der Waals surface area (Å²) in [6.45, 7) is 4.56. The van der Waals surface area contributed by atoms with Crippen molar-refractivity contribution in [1.82, 2.24) is 4.90 Å². The van der Waals surface area contributed by atoms with Crippen LogP contribution in [0.25, 0.3) is 0 Å². The SMILES string of the molecule is CCOC(=O)c1c(NC(=O)COc2ccccc2)sc2c1CCN(C(=O)OCC)C2. The highest BCUT2D eigenvalue weighted by Gasteiger charge is 2.31. The molecule has 1 aliphatic rings. The Hall–Kier alpha value is -3.07. The first-order valence-electron chi connectivity index (χ1n) is 9.74. The molecule has 9 heteroatoms. The number of benzene rings is 1. The van der Waals surface area contributed by atoms with Crippen molar-refractivity contribution in [3.8, 4) is 5.75 Å². The number of hydrogen-bond donors (Lipinski definition) is 1. The average molecular weight is 432 g/mol. The molecule has 0 spiro atoms. The minimum absolute atomic E-state index is 0.191. The zero-order chi connectivity index (χ0) is 21.5. The highest BCUT2D eigenvalue weighted by Crippen LogP contribution is 2.37. The number of esters is 1. The van der Waals surface area contributed by atoms with Crippen molar-refractivity contribution in [3.63, 3.8) is 0 Å². The van der Waals surface area contributed by atoms with Crippen molar-refractivity contribution in [2.75, 3.05) is 31.7 Å². The van der Waals surface area contributed by atoms with Gasteiger partial charge in [-0.2, -0.15) is 0 Å². The molecule has 0 atom stereocenters. The number of thiophene rings is 1. The first-order chi connectivity index (χ1) is 14.5. The van der Waals surface area contributed by atoms with Crippen LogP contribution in [0.2, 0.25) is 0 Å². The van der Waals surface area contributed by atoms with E-state index in [1.54, 1.807) is 30.9 Å². The number of rotatable bonds is 7. The van der Waals surface area contributed by atoms with Crippen molar-refractivity contribution >= 4 is 34.3 Å². The molecule has 160 valence electrons. The Balaban J connectivity index is 1.77. The van der Waals surface area contributed by atoms with Gasteiger partial charge in [-0.25, -0.2) is 9.59 Å². The number of anilines is 1. The van der Waals surface area contributed by atoms with Gasteiger partial charge in [-0.1, -0.05) is 18.2 Å². The van der Waals surface area contributed by atoms with E-state index in [-0.39, 0.29) is 19.1 Å². The molecule has 0 saturated heterocycles. The molecule has 1 aromatic carbocycles. The van der Waals surface area contributed by atoms with Gasteiger partial charge in [0.05, 0.1) is 25.3 Å². The summed E-state index contributed by atoms with van der Waals surface area (Å²) in [7, 11) is 0. The molecule has 2 heterocycles. The normalized spacial score (nSPS) is 12.7. The lowest BCUT2D eigenvalue weighted by Gasteiger charge is -2.26. The number of amides is 2. The summed E-state index contributed by atoms with van der Waals surface area (Å²) in [6.07, 6.45) is 0.0888. The Bertz CT molecular complexity index is 912. The Morgan fingerprint density at radius 2 is 1.83 bits per heavy atom. The van der Waals surface area contributed by atoms with E-state index < -0.39 is 12.1 Å². The van der Waals surface area contributed by atoms with E-state index in [4.69, 9.17) is 14.2 Å². The Kier molecular flexibility index (Phi) is 7.29. The fraction of sp³-hybridized carbons (Fsp3) is 0.381. The summed E-state index contributed by atoms with van der Waals surface area (Å²) in [5, 5.41) is 3.17. The van der Waals surface area contributed by atoms with Crippen LogP contribution < -0.4 is 10.1 Å². The molecule has 0 aliphatic carbocycles. The fourth-order valence-electron chi connectivity index (χ4n) is 3.11. The number of hydrogen-bond acceptors (Lipinski definition) is 7. The van der Waals surface area contributed by atoms with Crippen LogP contribution in [0.1, 0.15) is 34.6 Å². The van der Waals surface area contributed by atoms with Gasteiger partial charge in [0.1, 0.15) is 10.8 Å². The second kappa shape index (κ2) is 10.1. The third kappa shape index (κ3) is 5.10. The minimum atomic E-state index is -0.487. The molecule has 2 amide bonds. The molecule has 0 saturated carbocycles. The average Bonchev–Trinajstić information content (AvgIpc) is 3.10. The predicted octanol–water partition coefficient (Wildman–Crippen LogP) is 3.46. The van der Waals surface area contributed by atoms with E-state index in [1.807, 2.05) is 18.2 Å². The van der Waals surface area contributed by atoms with Crippen LogP contribution in [0, 0.1) is 0 Å². The molecule has 1 aliphatic heterocycles. The lowest BCUT2D eigenvalue weighted by atomic mass is 10.0. The Morgan fingerprint density at radius 3 is 2.53 bits per heavy atom. The van der Waals surface area contributed by atoms with Gasteiger partial charge < -0.3 is 24.4 Å². The topological polar surface area (TPSA) is 94.2 Å². The smallest absolute Gasteiger partial charge is 0.410 e. The number of fused-ring (bicyclic) bond motifs is 1. The molecule has 0 bridgehead atoms. The molecule has 0 radical (unpaired) electrons. The van der Waals surface area contributed by atoms with Gasteiger partial charge in [-0.3, -0.25) is 4.79 Å². The van der Waals surface area contributed by atoms with Gasteiger partial charge in [0.2, 0.25) is 0 Å². The first kappa shape index (κ1) is 21.6. The van der Waals surface area contributed by atoms with Crippen molar-refractivity contribution < 1.29 is 28.6 Å². The highest BCUT2D eigenvalue weighted by molar-refractivity contribution is 7.17. The molecule has 8 nitrogen and oxygen atoms in total. The molecule has 30 heavy (non-hydrogen) atoms. The number of ether oxygens (including phenoxy) is 3. The Labute approximate surface area is 178 Å². The van der Waals surface area contributed by atoms with Crippen LogP contribution >= 0.6 is 11.3 Å². The highest BCUT2D eigenvalue weighted by atomic mass is 32.1. The second-order valence-electron chi connectivity index (χ2n) is 6.45. The number of nitrogens with one attached hydrogen (secondary N) is 1. The third-order valence-corrected chi connectivity index (χ3v) is 5.56. The maximum Gasteiger partial charge on any atom is 0.410 e. The van der Waals surface area contributed by atoms with Crippen LogP contribution in [0.15, 0.2) is 30.3 Å². The second-order valence-corrected chi connectivity index (χ2v) is 7.55. The van der Waals surface area contributed by atoms with Crippen LogP contribution in [0.3, 0.4) is 0 Å². The predicted molar refractivity (Wildman–Crippen MR) is 112 cm³/mol. The maximum atomic E-state index is 12.6. The van der Waals surface area contributed by atoms with E-state index in [0.29, 0.717) is 42.4 Å². The number of para-hydroxylation sites is 1. The van der Waals surface area contributed by atoms with Gasteiger partial charge in [0.15, 0.2) is 6.61 Å².